The van der Waals surface area contributed by atoms with Crippen LogP contribution in [0.15, 0.2) is 36.5 Å². The minimum atomic E-state index is -0.551. The predicted molar refractivity (Wildman–Crippen MR) is 89.3 cm³/mol. The van der Waals surface area contributed by atoms with Crippen LogP contribution in [-0.2, 0) is 34.0 Å². The van der Waals surface area contributed by atoms with E-state index in [0.717, 1.165) is 5.56 Å². The summed E-state index contributed by atoms with van der Waals surface area (Å²) in [5, 5.41) is 10.3. The standard InChI is InChI=1S/C17H22N4O4/c1-17(2,3)25-15(22)11-21-10-14(19-20-21)9-18-16(23)24-12-13-7-5-4-6-8-13/h4-8,10H,9,11-12H2,1-3H3,(H,18,23). The lowest BCUT2D eigenvalue weighted by atomic mass is 10.2. The Bertz CT molecular complexity index is 707. The molecule has 1 aromatic carbocycles. The van der Waals surface area contributed by atoms with Crippen molar-refractivity contribution >= 4 is 12.1 Å². The fourth-order valence-corrected chi connectivity index (χ4v) is 1.94. The number of nitrogens with zero attached hydrogens (tertiary/aromatic N) is 3. The summed E-state index contributed by atoms with van der Waals surface area (Å²) in [4.78, 5) is 23.4. The zero-order valence-corrected chi connectivity index (χ0v) is 14.6. The molecule has 0 bridgehead atoms. The Morgan fingerprint density at radius 3 is 2.60 bits per heavy atom. The molecule has 1 heterocycles. The molecule has 8 heteroatoms. The summed E-state index contributed by atoms with van der Waals surface area (Å²) in [6.07, 6.45) is 1.02. The molecule has 0 fully saturated rings. The summed E-state index contributed by atoms with van der Waals surface area (Å²) in [5.41, 5.74) is 0.867. The molecule has 0 aliphatic carbocycles. The van der Waals surface area contributed by atoms with E-state index in [0.29, 0.717) is 5.69 Å². The van der Waals surface area contributed by atoms with E-state index >= 15 is 0 Å². The van der Waals surface area contributed by atoms with Crippen LogP contribution in [0.25, 0.3) is 0 Å². The molecule has 0 aliphatic heterocycles. The highest BCUT2D eigenvalue weighted by Gasteiger charge is 2.17. The lowest BCUT2D eigenvalue weighted by Gasteiger charge is -2.19. The molecule has 0 saturated heterocycles. The van der Waals surface area contributed by atoms with Gasteiger partial charge in [-0.1, -0.05) is 35.5 Å². The molecule has 2 aromatic rings. The molecule has 1 amide bonds. The summed E-state index contributed by atoms with van der Waals surface area (Å²) < 4.78 is 11.7. The van der Waals surface area contributed by atoms with Gasteiger partial charge < -0.3 is 14.8 Å². The third kappa shape index (κ3) is 7.03. The Balaban J connectivity index is 1.73. The van der Waals surface area contributed by atoms with Crippen LogP contribution in [0.1, 0.15) is 32.0 Å². The second-order valence-corrected chi connectivity index (χ2v) is 6.41. The number of benzene rings is 1. The fraction of sp³-hybridized carbons (Fsp3) is 0.412. The molecule has 25 heavy (non-hydrogen) atoms. The molecule has 0 saturated carbocycles. The molecule has 2 rings (SSSR count). The SMILES string of the molecule is CC(C)(C)OC(=O)Cn1cc(CNC(=O)OCc2ccccc2)nn1. The molecule has 0 unspecified atom stereocenters. The highest BCUT2D eigenvalue weighted by atomic mass is 16.6. The Labute approximate surface area is 146 Å². The molecule has 134 valence electrons. The maximum absolute atomic E-state index is 11.7. The number of amides is 1. The van der Waals surface area contributed by atoms with Crippen molar-refractivity contribution in [3.05, 3.63) is 47.8 Å². The highest BCUT2D eigenvalue weighted by molar-refractivity contribution is 5.69. The van der Waals surface area contributed by atoms with Gasteiger partial charge in [-0.15, -0.1) is 5.10 Å². The van der Waals surface area contributed by atoms with Gasteiger partial charge in [0.2, 0.25) is 0 Å². The molecule has 0 radical (unpaired) electrons. The van der Waals surface area contributed by atoms with E-state index in [-0.39, 0.29) is 19.7 Å². The third-order valence-corrected chi connectivity index (χ3v) is 2.92. The number of ether oxygens (including phenoxy) is 2. The predicted octanol–water partition coefficient (Wildman–Crippen LogP) is 2.05. The number of rotatable bonds is 6. The van der Waals surface area contributed by atoms with E-state index in [9.17, 15) is 9.59 Å². The van der Waals surface area contributed by atoms with Crippen LogP contribution in [0, 0.1) is 0 Å². The Kier molecular flexibility index (Phi) is 6.10. The van der Waals surface area contributed by atoms with Crippen LogP contribution in [0.2, 0.25) is 0 Å². The summed E-state index contributed by atoms with van der Waals surface area (Å²) in [5.74, 6) is -0.404. The number of carbonyl (C=O) groups is 2. The Hall–Kier alpha value is -2.90. The van der Waals surface area contributed by atoms with Crippen LogP contribution >= 0.6 is 0 Å². The molecular formula is C17H22N4O4. The zero-order valence-electron chi connectivity index (χ0n) is 14.6. The monoisotopic (exact) mass is 346 g/mol. The van der Waals surface area contributed by atoms with Crippen LogP contribution in [-0.4, -0.2) is 32.7 Å². The Morgan fingerprint density at radius 2 is 1.92 bits per heavy atom. The van der Waals surface area contributed by atoms with Crippen molar-refractivity contribution in [1.82, 2.24) is 20.3 Å². The van der Waals surface area contributed by atoms with Gasteiger partial charge in [-0.25, -0.2) is 9.48 Å². The van der Waals surface area contributed by atoms with Gasteiger partial charge in [0.25, 0.3) is 0 Å². The first-order chi connectivity index (χ1) is 11.8. The molecule has 0 spiro atoms. The van der Waals surface area contributed by atoms with Gasteiger partial charge in [-0.05, 0) is 26.3 Å². The summed E-state index contributed by atoms with van der Waals surface area (Å²) in [6, 6.07) is 9.38. The zero-order chi connectivity index (χ0) is 18.3. The van der Waals surface area contributed by atoms with E-state index in [2.05, 4.69) is 15.6 Å². The van der Waals surface area contributed by atoms with Gasteiger partial charge in [-0.3, -0.25) is 4.79 Å². The number of nitrogens with one attached hydrogen (secondary N) is 1. The summed E-state index contributed by atoms with van der Waals surface area (Å²) >= 11 is 0. The van der Waals surface area contributed by atoms with Crippen molar-refractivity contribution in [2.75, 3.05) is 0 Å². The lowest BCUT2D eigenvalue weighted by Crippen LogP contribution is -2.26. The van der Waals surface area contributed by atoms with Gasteiger partial charge in [0, 0.05) is 0 Å². The first-order valence-electron chi connectivity index (χ1n) is 7.87. The number of esters is 1. The van der Waals surface area contributed by atoms with Crippen molar-refractivity contribution < 1.29 is 19.1 Å². The van der Waals surface area contributed by atoms with E-state index < -0.39 is 17.7 Å². The van der Waals surface area contributed by atoms with Gasteiger partial charge in [-0.2, -0.15) is 0 Å². The van der Waals surface area contributed by atoms with Gasteiger partial charge in [0.1, 0.15) is 24.4 Å². The van der Waals surface area contributed by atoms with Crippen molar-refractivity contribution in [3.63, 3.8) is 0 Å². The third-order valence-electron chi connectivity index (χ3n) is 2.92. The van der Waals surface area contributed by atoms with E-state index in [4.69, 9.17) is 9.47 Å². The number of hydrogen-bond acceptors (Lipinski definition) is 6. The van der Waals surface area contributed by atoms with Crippen LogP contribution in [0.5, 0.6) is 0 Å². The average molecular weight is 346 g/mol. The van der Waals surface area contributed by atoms with Crippen molar-refractivity contribution in [2.24, 2.45) is 0 Å². The molecule has 1 aromatic heterocycles. The van der Waals surface area contributed by atoms with Gasteiger partial charge in [0.05, 0.1) is 12.7 Å². The summed E-state index contributed by atoms with van der Waals surface area (Å²) in [7, 11) is 0. The van der Waals surface area contributed by atoms with Crippen LogP contribution in [0.3, 0.4) is 0 Å². The van der Waals surface area contributed by atoms with Gasteiger partial charge in [0.15, 0.2) is 0 Å². The van der Waals surface area contributed by atoms with Crippen molar-refractivity contribution in [1.29, 1.82) is 0 Å². The second-order valence-electron chi connectivity index (χ2n) is 6.41. The summed E-state index contributed by atoms with van der Waals surface area (Å²) in [6.45, 7) is 5.69. The molecular weight excluding hydrogens is 324 g/mol. The molecule has 0 atom stereocenters. The van der Waals surface area contributed by atoms with E-state index in [1.807, 2.05) is 30.3 Å². The minimum Gasteiger partial charge on any atom is -0.459 e. The number of alkyl carbamates (subject to hydrolysis) is 1. The maximum atomic E-state index is 11.7. The average Bonchev–Trinajstić information content (AvgIpc) is 2.97. The first kappa shape index (κ1) is 18.4. The molecule has 8 nitrogen and oxygen atoms in total. The molecule has 1 N–H and O–H groups in total. The second kappa shape index (κ2) is 8.27. The van der Waals surface area contributed by atoms with Crippen molar-refractivity contribution in [3.8, 4) is 0 Å². The number of hydrogen-bond donors (Lipinski definition) is 1. The topological polar surface area (TPSA) is 95.3 Å². The fourth-order valence-electron chi connectivity index (χ4n) is 1.94. The largest absolute Gasteiger partial charge is 0.459 e. The quantitative estimate of drug-likeness (QED) is 0.804. The van der Waals surface area contributed by atoms with Crippen LogP contribution < -0.4 is 5.32 Å². The maximum Gasteiger partial charge on any atom is 0.407 e. The highest BCUT2D eigenvalue weighted by Crippen LogP contribution is 2.07. The smallest absolute Gasteiger partial charge is 0.407 e. The van der Waals surface area contributed by atoms with Gasteiger partial charge >= 0.3 is 12.1 Å². The number of carbonyl (C=O) groups excluding carboxylic acids is 2. The molecule has 0 aliphatic rings. The van der Waals surface area contributed by atoms with E-state index in [1.165, 1.54) is 4.68 Å². The van der Waals surface area contributed by atoms with Crippen molar-refractivity contribution in [2.45, 2.75) is 46.1 Å². The first-order valence-corrected chi connectivity index (χ1v) is 7.87. The number of aromatic nitrogens is 3. The van der Waals surface area contributed by atoms with E-state index in [1.54, 1.807) is 27.0 Å². The van der Waals surface area contributed by atoms with Crippen LogP contribution in [0.4, 0.5) is 4.79 Å². The Morgan fingerprint density at radius 1 is 1.20 bits per heavy atom. The lowest BCUT2D eigenvalue weighted by molar-refractivity contribution is -0.155. The normalized spacial score (nSPS) is 11.0. The minimum absolute atomic E-state index is 0.0390.